The largest absolute Gasteiger partial charge is 0.372 e. The van der Waals surface area contributed by atoms with E-state index < -0.39 is 9.84 Å². The second-order valence-electron chi connectivity index (χ2n) is 3.71. The lowest BCUT2D eigenvalue weighted by Crippen LogP contribution is -1.99. The highest BCUT2D eigenvalue weighted by atomic mass is 32.2. The first-order chi connectivity index (χ1) is 8.50. The third-order valence-electron chi connectivity index (χ3n) is 2.36. The first-order valence-corrected chi connectivity index (χ1v) is 7.08. The van der Waals surface area contributed by atoms with E-state index in [1.54, 1.807) is 19.2 Å². The van der Waals surface area contributed by atoms with Crippen LogP contribution in [0.2, 0.25) is 0 Å². The number of anilines is 1. The summed E-state index contributed by atoms with van der Waals surface area (Å²) in [6, 6.07) is 6.37. The lowest BCUT2D eigenvalue weighted by Gasteiger charge is -2.03. The van der Waals surface area contributed by atoms with Crippen LogP contribution in [0.25, 0.3) is 11.4 Å². The van der Waals surface area contributed by atoms with E-state index in [4.69, 9.17) is 0 Å². The van der Waals surface area contributed by atoms with E-state index >= 15 is 0 Å². The summed E-state index contributed by atoms with van der Waals surface area (Å²) in [6.07, 6.45) is 2.68. The van der Waals surface area contributed by atoms with Crippen molar-refractivity contribution in [3.63, 3.8) is 0 Å². The van der Waals surface area contributed by atoms with Gasteiger partial charge in [0.2, 0.25) is 0 Å². The topological polar surface area (TPSA) is 84.8 Å². The molecule has 0 atom stereocenters. The van der Waals surface area contributed by atoms with Crippen LogP contribution in [-0.2, 0) is 9.84 Å². The summed E-state index contributed by atoms with van der Waals surface area (Å²) in [7, 11) is -1.45. The van der Waals surface area contributed by atoms with Crippen molar-refractivity contribution >= 4 is 15.7 Å². The number of aromatic nitrogens is 3. The van der Waals surface area contributed by atoms with Crippen LogP contribution in [0.1, 0.15) is 0 Å². The number of rotatable bonds is 3. The van der Waals surface area contributed by atoms with Crippen molar-refractivity contribution < 1.29 is 8.42 Å². The van der Waals surface area contributed by atoms with Crippen LogP contribution in [0.4, 0.5) is 5.82 Å². The minimum atomic E-state index is -3.18. The van der Waals surface area contributed by atoms with Crippen molar-refractivity contribution in [1.29, 1.82) is 0 Å². The highest BCUT2D eigenvalue weighted by molar-refractivity contribution is 7.90. The first kappa shape index (κ1) is 12.4. The number of sulfone groups is 1. The molecule has 94 valence electrons. The molecule has 0 saturated carbocycles. The molecule has 1 N–H and O–H groups in total. The quantitative estimate of drug-likeness (QED) is 0.889. The molecule has 2 rings (SSSR count). The van der Waals surface area contributed by atoms with Gasteiger partial charge >= 0.3 is 0 Å². The second-order valence-corrected chi connectivity index (χ2v) is 5.73. The van der Waals surface area contributed by atoms with Gasteiger partial charge in [0.05, 0.1) is 11.1 Å². The van der Waals surface area contributed by atoms with Gasteiger partial charge in [-0.2, -0.15) is 5.10 Å². The van der Waals surface area contributed by atoms with Gasteiger partial charge in [0, 0.05) is 18.9 Å². The summed E-state index contributed by atoms with van der Waals surface area (Å²) in [5, 5.41) is 10.6. The fraction of sp³-hybridized carbons (Fsp3) is 0.182. The molecule has 0 aliphatic rings. The molecular formula is C11H12N4O2S. The van der Waals surface area contributed by atoms with Gasteiger partial charge in [-0.25, -0.2) is 13.4 Å². The summed E-state index contributed by atoms with van der Waals surface area (Å²) in [6.45, 7) is 0. The van der Waals surface area contributed by atoms with Gasteiger partial charge in [-0.3, -0.25) is 0 Å². The van der Waals surface area contributed by atoms with E-state index in [1.807, 2.05) is 0 Å². The van der Waals surface area contributed by atoms with Gasteiger partial charge in [0.1, 0.15) is 5.82 Å². The van der Waals surface area contributed by atoms with E-state index in [-0.39, 0.29) is 4.90 Å². The Morgan fingerprint density at radius 3 is 2.39 bits per heavy atom. The molecule has 0 aliphatic carbocycles. The summed E-state index contributed by atoms with van der Waals surface area (Å²) < 4.78 is 22.7. The van der Waals surface area contributed by atoms with Gasteiger partial charge in [-0.15, -0.1) is 5.10 Å². The highest BCUT2D eigenvalue weighted by Gasteiger charge is 2.08. The molecule has 2 aromatic rings. The molecule has 0 saturated heterocycles. The molecular weight excluding hydrogens is 252 g/mol. The number of hydrogen-bond acceptors (Lipinski definition) is 6. The van der Waals surface area contributed by atoms with Crippen molar-refractivity contribution in [2.24, 2.45) is 0 Å². The smallest absolute Gasteiger partial charge is 0.183 e. The van der Waals surface area contributed by atoms with Crippen molar-refractivity contribution in [1.82, 2.24) is 15.2 Å². The molecule has 0 spiro atoms. The third-order valence-corrected chi connectivity index (χ3v) is 3.48. The Morgan fingerprint density at radius 2 is 1.83 bits per heavy atom. The summed E-state index contributed by atoms with van der Waals surface area (Å²) >= 11 is 0. The van der Waals surface area contributed by atoms with E-state index in [0.717, 1.165) is 0 Å². The third kappa shape index (κ3) is 2.62. The second kappa shape index (κ2) is 4.69. The molecule has 6 nitrogen and oxygen atoms in total. The van der Waals surface area contributed by atoms with Crippen LogP contribution < -0.4 is 5.32 Å². The molecule has 0 amide bonds. The van der Waals surface area contributed by atoms with Crippen LogP contribution >= 0.6 is 0 Å². The zero-order chi connectivity index (χ0) is 13.2. The Balaban J connectivity index is 2.40. The zero-order valence-corrected chi connectivity index (χ0v) is 10.8. The van der Waals surface area contributed by atoms with Crippen molar-refractivity contribution in [2.75, 3.05) is 18.6 Å². The Bertz CT molecular complexity index is 653. The van der Waals surface area contributed by atoms with Gasteiger partial charge in [-0.1, -0.05) is 0 Å². The highest BCUT2D eigenvalue weighted by Crippen LogP contribution is 2.18. The van der Waals surface area contributed by atoms with Gasteiger partial charge in [0.15, 0.2) is 15.7 Å². The molecule has 7 heteroatoms. The monoisotopic (exact) mass is 264 g/mol. The maximum atomic E-state index is 11.3. The fourth-order valence-corrected chi connectivity index (χ4v) is 2.03. The summed E-state index contributed by atoms with van der Waals surface area (Å²) in [5.74, 6) is 1.05. The van der Waals surface area contributed by atoms with Gasteiger partial charge < -0.3 is 5.32 Å². The first-order valence-electron chi connectivity index (χ1n) is 5.18. The lowest BCUT2D eigenvalue weighted by molar-refractivity contribution is 0.602. The molecule has 0 bridgehead atoms. The van der Waals surface area contributed by atoms with Crippen LogP contribution in [0.15, 0.2) is 35.4 Å². The fourth-order valence-electron chi connectivity index (χ4n) is 1.40. The maximum absolute atomic E-state index is 11.3. The van der Waals surface area contributed by atoms with Crippen molar-refractivity contribution in [2.45, 2.75) is 4.90 Å². The standard InChI is InChI=1S/C11H12N4O2S/c1-12-10-7-13-15-11(14-10)8-3-5-9(6-4-8)18(2,16)17/h3-7H,1-2H3,(H,12,14,15). The predicted molar refractivity (Wildman–Crippen MR) is 67.9 cm³/mol. The SMILES string of the molecule is CNc1cnnc(-c2ccc(S(C)(=O)=O)cc2)n1. The number of benzene rings is 1. The van der Waals surface area contributed by atoms with Crippen LogP contribution in [0.5, 0.6) is 0 Å². The number of hydrogen-bond donors (Lipinski definition) is 1. The summed E-state index contributed by atoms with van der Waals surface area (Å²) in [5.41, 5.74) is 0.715. The van der Waals surface area contributed by atoms with E-state index in [9.17, 15) is 8.42 Å². The zero-order valence-electron chi connectivity index (χ0n) is 9.95. The molecule has 1 heterocycles. The normalized spacial score (nSPS) is 11.2. The van der Waals surface area contributed by atoms with Crippen LogP contribution in [0.3, 0.4) is 0 Å². The molecule has 18 heavy (non-hydrogen) atoms. The predicted octanol–water partition coefficient (Wildman–Crippen LogP) is 0.984. The average Bonchev–Trinajstić information content (AvgIpc) is 2.38. The molecule has 0 aliphatic heterocycles. The molecule has 1 aromatic heterocycles. The van der Waals surface area contributed by atoms with Gasteiger partial charge in [-0.05, 0) is 24.3 Å². The average molecular weight is 264 g/mol. The minimum absolute atomic E-state index is 0.268. The van der Waals surface area contributed by atoms with Crippen molar-refractivity contribution in [3.8, 4) is 11.4 Å². The Morgan fingerprint density at radius 1 is 1.17 bits per heavy atom. The number of nitrogens with one attached hydrogen (secondary N) is 1. The molecule has 1 aromatic carbocycles. The Labute approximate surface area is 105 Å². The van der Waals surface area contributed by atoms with E-state index in [0.29, 0.717) is 17.2 Å². The molecule has 0 fully saturated rings. The molecule has 0 unspecified atom stereocenters. The van der Waals surface area contributed by atoms with Crippen molar-refractivity contribution in [3.05, 3.63) is 30.5 Å². The van der Waals surface area contributed by atoms with Gasteiger partial charge in [0.25, 0.3) is 0 Å². The Kier molecular flexibility index (Phi) is 3.24. The lowest BCUT2D eigenvalue weighted by atomic mass is 10.2. The Hall–Kier alpha value is -2.02. The summed E-state index contributed by atoms with van der Waals surface area (Å²) in [4.78, 5) is 4.49. The maximum Gasteiger partial charge on any atom is 0.183 e. The van der Waals surface area contributed by atoms with Crippen LogP contribution in [0, 0.1) is 0 Å². The number of nitrogens with zero attached hydrogens (tertiary/aromatic N) is 3. The minimum Gasteiger partial charge on any atom is -0.372 e. The van der Waals surface area contributed by atoms with E-state index in [2.05, 4.69) is 20.5 Å². The van der Waals surface area contributed by atoms with E-state index in [1.165, 1.54) is 24.6 Å². The van der Waals surface area contributed by atoms with Crippen LogP contribution in [-0.4, -0.2) is 36.9 Å². The molecule has 0 radical (unpaired) electrons.